The van der Waals surface area contributed by atoms with Crippen molar-refractivity contribution in [2.45, 2.75) is 19.6 Å². The van der Waals surface area contributed by atoms with Gasteiger partial charge < -0.3 is 30.6 Å². The first kappa shape index (κ1) is 16.5. The molecule has 14 heavy (non-hydrogen) atoms. The first-order valence-corrected chi connectivity index (χ1v) is 3.15. The number of hydrogen-bond donors (Lipinski definition) is 6. The zero-order valence-electron chi connectivity index (χ0n) is 8.91. The first-order chi connectivity index (χ1) is 6.36. The van der Waals surface area contributed by atoms with Gasteiger partial charge in [0.25, 0.3) is 0 Å². The standard InChI is InChI=1S/2C3H8O3.CH4.H2S/c2*4-1-3(6)2-5;;/h2*3-6H,1-2H2;1H4;1H2/i2*1D,3+1;;/t2*1?,3-;;/m10../s1. The van der Waals surface area contributed by atoms with Crippen LogP contribution in [0.5, 0.6) is 0 Å². The van der Waals surface area contributed by atoms with E-state index in [4.69, 9.17) is 33.4 Å². The van der Waals surface area contributed by atoms with Crippen molar-refractivity contribution in [1.82, 2.24) is 0 Å². The molecule has 2 unspecified atom stereocenters. The van der Waals surface area contributed by atoms with Crippen LogP contribution in [-0.2, 0) is 0 Å². The smallest absolute Gasteiger partial charge is 0.100 e. The second-order valence-corrected chi connectivity index (χ2v) is 1.80. The van der Waals surface area contributed by atoms with E-state index in [0.717, 1.165) is 0 Å². The predicted octanol–water partition coefficient (Wildman–Crippen LogP) is -2.59. The van der Waals surface area contributed by atoms with Crippen LogP contribution in [0.2, 0.25) is 0 Å². The number of aliphatic hydroxyl groups is 6. The van der Waals surface area contributed by atoms with Crippen molar-refractivity contribution in [3.63, 3.8) is 0 Å². The van der Waals surface area contributed by atoms with Crippen molar-refractivity contribution in [3.05, 3.63) is 0 Å². The molecule has 0 amide bonds. The zero-order chi connectivity index (χ0) is 11.7. The molecule has 0 aromatic rings. The molecule has 7 heteroatoms. The quantitative estimate of drug-likeness (QED) is 0.299. The Morgan fingerprint density at radius 3 is 1.07 bits per heavy atom. The Bertz CT molecular complexity index is 115. The van der Waals surface area contributed by atoms with E-state index in [0.29, 0.717) is 0 Å². The van der Waals surface area contributed by atoms with Crippen LogP contribution < -0.4 is 0 Å². The van der Waals surface area contributed by atoms with Crippen molar-refractivity contribution in [2.75, 3.05) is 26.4 Å². The van der Waals surface area contributed by atoms with E-state index in [-0.39, 0.29) is 20.9 Å². The zero-order valence-corrected chi connectivity index (χ0v) is 7.91. The molecule has 6 nitrogen and oxygen atoms in total. The highest BCUT2D eigenvalue weighted by Gasteiger charge is 1.94. The molecule has 4 atom stereocenters. The Kier molecular flexibility index (Phi) is 22.2. The monoisotopic (exact) mass is 238 g/mol. The van der Waals surface area contributed by atoms with E-state index in [2.05, 4.69) is 0 Å². The highest BCUT2D eigenvalue weighted by atomic mass is 32.1. The molecule has 0 radical (unpaired) electrons. The van der Waals surface area contributed by atoms with Gasteiger partial charge in [-0.2, -0.15) is 13.5 Å². The molecular weight excluding hydrogens is 214 g/mol. The van der Waals surface area contributed by atoms with Gasteiger partial charge in [0.1, 0.15) is 12.2 Å². The molecule has 0 aliphatic heterocycles. The Hall–Kier alpha value is 0.110. The fraction of sp³-hybridized carbons (Fsp3) is 1.00. The van der Waals surface area contributed by atoms with E-state index in [1.807, 2.05) is 0 Å². The summed E-state index contributed by atoms with van der Waals surface area (Å²) in [5.74, 6) is 0. The summed E-state index contributed by atoms with van der Waals surface area (Å²) < 4.78 is 12.7. The van der Waals surface area contributed by atoms with Crippen molar-refractivity contribution >= 4 is 13.5 Å². The molecule has 0 heterocycles. The summed E-state index contributed by atoms with van der Waals surface area (Å²) in [4.78, 5) is 0. The molecule has 0 aromatic heterocycles. The molecule has 6 N–H and O–H groups in total. The third-order valence-electron chi connectivity index (χ3n) is 0.718. The molecule has 0 saturated carbocycles. The maximum Gasteiger partial charge on any atom is 0.100 e. The minimum atomic E-state index is -1.58. The first-order valence-electron chi connectivity index (χ1n) is 4.30. The highest BCUT2D eigenvalue weighted by Crippen LogP contribution is 1.72. The Morgan fingerprint density at radius 2 is 1.07 bits per heavy atom. The van der Waals surface area contributed by atoms with Crippen LogP contribution in [0.3, 0.4) is 0 Å². The van der Waals surface area contributed by atoms with Gasteiger partial charge in [-0.3, -0.25) is 0 Å². The van der Waals surface area contributed by atoms with Crippen LogP contribution in [0.25, 0.3) is 0 Å². The van der Waals surface area contributed by atoms with Crippen molar-refractivity contribution in [2.24, 2.45) is 0 Å². The van der Waals surface area contributed by atoms with E-state index < -0.39 is 38.6 Å². The molecule has 0 bridgehead atoms. The van der Waals surface area contributed by atoms with Crippen molar-refractivity contribution < 1.29 is 33.4 Å². The maximum absolute atomic E-state index is 8.25. The van der Waals surface area contributed by atoms with Gasteiger partial charge in [-0.25, -0.2) is 0 Å². The summed E-state index contributed by atoms with van der Waals surface area (Å²) in [5.41, 5.74) is 0. The largest absolute Gasteiger partial charge is 0.394 e. The summed E-state index contributed by atoms with van der Waals surface area (Å²) in [5, 5.41) is 48.6. The average Bonchev–Trinajstić information content (AvgIpc) is 2.15. The minimum Gasteiger partial charge on any atom is -0.394 e. The fourth-order valence-electron chi connectivity index (χ4n) is 0.0943. The number of aliphatic hydroxyl groups excluding tert-OH is 6. The number of rotatable bonds is 4. The molecule has 0 saturated heterocycles. The summed E-state index contributed by atoms with van der Waals surface area (Å²) in [7, 11) is 0. The Morgan fingerprint density at radius 1 is 0.857 bits per heavy atom. The van der Waals surface area contributed by atoms with Gasteiger partial charge in [0.15, 0.2) is 0 Å². The lowest BCUT2D eigenvalue weighted by Gasteiger charge is -1.96. The minimum absolute atomic E-state index is 0. The third-order valence-corrected chi connectivity index (χ3v) is 0.718. The Labute approximate surface area is 93.7 Å². The molecule has 0 aliphatic carbocycles. The summed E-state index contributed by atoms with van der Waals surface area (Å²) in [6.07, 6.45) is -2.64. The maximum atomic E-state index is 8.25. The average molecular weight is 238 g/mol. The van der Waals surface area contributed by atoms with Gasteiger partial charge in [0.05, 0.1) is 29.1 Å². The second kappa shape index (κ2) is 18.8. The SMILES string of the molecule is C.S.[2H]C(O)[13C@@H](O)CO.[2H]C(O)[13C@H](O)CO. The van der Waals surface area contributed by atoms with Crippen molar-refractivity contribution in [1.29, 1.82) is 0 Å². The Balaban J connectivity index is -0.0000000800. The lowest BCUT2D eigenvalue weighted by Crippen LogP contribution is -2.15. The summed E-state index contributed by atoms with van der Waals surface area (Å²) in [6, 6.07) is 0. The summed E-state index contributed by atoms with van der Waals surface area (Å²) >= 11 is 0. The van der Waals surface area contributed by atoms with E-state index >= 15 is 0 Å². The number of hydrogen-bond acceptors (Lipinski definition) is 6. The molecule has 0 spiro atoms. The summed E-state index contributed by atoms with van der Waals surface area (Å²) in [6.45, 7) is -4.29. The van der Waals surface area contributed by atoms with Crippen LogP contribution in [0.4, 0.5) is 0 Å². The van der Waals surface area contributed by atoms with Crippen molar-refractivity contribution in [3.8, 4) is 0 Å². The van der Waals surface area contributed by atoms with Crippen LogP contribution in [0, 0.1) is 0 Å². The third kappa shape index (κ3) is 22.7. The van der Waals surface area contributed by atoms with Gasteiger partial charge in [0.2, 0.25) is 0 Å². The van der Waals surface area contributed by atoms with Gasteiger partial charge in [0, 0.05) is 0 Å². The van der Waals surface area contributed by atoms with Crippen LogP contribution in [0.15, 0.2) is 0 Å². The topological polar surface area (TPSA) is 121 Å². The van der Waals surface area contributed by atoms with E-state index in [9.17, 15) is 0 Å². The molecule has 92 valence electrons. The van der Waals surface area contributed by atoms with Gasteiger partial charge in [-0.1, -0.05) is 7.43 Å². The molecule has 0 aliphatic rings. The van der Waals surface area contributed by atoms with Gasteiger partial charge in [-0.15, -0.1) is 0 Å². The molecule has 0 rings (SSSR count). The second-order valence-electron chi connectivity index (χ2n) is 1.80. The lowest BCUT2D eigenvalue weighted by molar-refractivity contribution is 0.0450. The van der Waals surface area contributed by atoms with Crippen LogP contribution in [-0.4, -0.2) is 69.2 Å². The van der Waals surface area contributed by atoms with Gasteiger partial charge >= 0.3 is 0 Å². The van der Waals surface area contributed by atoms with E-state index in [1.54, 1.807) is 0 Å². The fourth-order valence-corrected chi connectivity index (χ4v) is 0.0943. The highest BCUT2D eigenvalue weighted by molar-refractivity contribution is 7.59. The molecule has 0 aromatic carbocycles. The van der Waals surface area contributed by atoms with E-state index in [1.165, 1.54) is 0 Å². The van der Waals surface area contributed by atoms with Crippen LogP contribution >= 0.6 is 13.5 Å². The molecular formula is C7H22O6S. The normalized spacial score (nSPS) is 19.0. The predicted molar refractivity (Wildman–Crippen MR) is 57.5 cm³/mol. The molecule has 0 fully saturated rings. The lowest BCUT2D eigenvalue weighted by atomic mass is 10.8. The van der Waals surface area contributed by atoms with Crippen LogP contribution in [0.1, 0.15) is 10.2 Å². The van der Waals surface area contributed by atoms with Gasteiger partial charge in [-0.05, 0) is 0 Å².